The fourth-order valence-electron chi connectivity index (χ4n) is 4.83. The molecule has 8 nitrogen and oxygen atoms in total. The second-order valence-electron chi connectivity index (χ2n) is 8.32. The SMILES string of the molecule is FC(F)(F)C1C=CC=CC1(c1cn[nH]c1)N1C=CN(C2(c3cn[nH]c3)C=CC=CC2C(F)(F)F)N=N1. The third-order valence-electron chi connectivity index (χ3n) is 6.44. The molecule has 2 aliphatic carbocycles. The maximum Gasteiger partial charge on any atom is 0.398 e. The van der Waals surface area contributed by atoms with E-state index in [1.54, 1.807) is 0 Å². The monoisotopic (exact) mass is 508 g/mol. The Bertz CT molecular complexity index is 1140. The first-order valence-corrected chi connectivity index (χ1v) is 10.6. The molecule has 14 heteroatoms. The Morgan fingerprint density at radius 3 is 1.39 bits per heavy atom. The Labute approximate surface area is 200 Å². The van der Waals surface area contributed by atoms with Crippen molar-refractivity contribution in [1.82, 2.24) is 30.4 Å². The van der Waals surface area contributed by atoms with E-state index in [9.17, 15) is 26.3 Å². The van der Waals surface area contributed by atoms with Gasteiger partial charge >= 0.3 is 12.4 Å². The number of halogens is 6. The van der Waals surface area contributed by atoms with Gasteiger partial charge in [-0.05, 0) is 10.4 Å². The van der Waals surface area contributed by atoms with E-state index in [-0.39, 0.29) is 11.1 Å². The molecule has 3 aliphatic rings. The largest absolute Gasteiger partial charge is 0.398 e. The smallest absolute Gasteiger partial charge is 0.285 e. The van der Waals surface area contributed by atoms with Crippen LogP contribution in [-0.2, 0) is 11.1 Å². The number of allylic oxidation sites excluding steroid dienone is 4. The van der Waals surface area contributed by atoms with Gasteiger partial charge in [0, 0.05) is 35.9 Å². The van der Waals surface area contributed by atoms with Crippen LogP contribution >= 0.6 is 0 Å². The van der Waals surface area contributed by atoms with Crippen LogP contribution < -0.4 is 0 Å². The number of hydrogen-bond donors (Lipinski definition) is 2. The zero-order valence-corrected chi connectivity index (χ0v) is 18.2. The normalized spacial score (nSPS) is 29.9. The highest BCUT2D eigenvalue weighted by Gasteiger charge is 2.59. The van der Waals surface area contributed by atoms with E-state index in [1.165, 1.54) is 73.6 Å². The summed E-state index contributed by atoms with van der Waals surface area (Å²) in [5.41, 5.74) is -3.55. The number of nitrogens with one attached hydrogen (secondary N) is 2. The molecular weight excluding hydrogens is 490 g/mol. The van der Waals surface area contributed by atoms with Crippen LogP contribution in [0.1, 0.15) is 11.1 Å². The van der Waals surface area contributed by atoms with Crippen LogP contribution in [-0.4, -0.2) is 42.8 Å². The minimum absolute atomic E-state index is 0.140. The van der Waals surface area contributed by atoms with Crippen molar-refractivity contribution < 1.29 is 26.3 Å². The summed E-state index contributed by atoms with van der Waals surface area (Å²) < 4.78 is 85.1. The molecule has 5 rings (SSSR count). The summed E-state index contributed by atoms with van der Waals surface area (Å²) in [6, 6.07) is 0. The van der Waals surface area contributed by atoms with Crippen molar-refractivity contribution in [2.75, 3.05) is 0 Å². The predicted molar refractivity (Wildman–Crippen MR) is 114 cm³/mol. The average Bonchev–Trinajstić information content (AvgIpc) is 3.58. The maximum atomic E-state index is 14.2. The lowest BCUT2D eigenvalue weighted by Gasteiger charge is -2.47. The third kappa shape index (κ3) is 3.55. The highest BCUT2D eigenvalue weighted by molar-refractivity contribution is 5.38. The van der Waals surface area contributed by atoms with Gasteiger partial charge in [-0.2, -0.15) is 36.5 Å². The molecule has 3 heterocycles. The fourth-order valence-corrected chi connectivity index (χ4v) is 4.83. The van der Waals surface area contributed by atoms with Crippen LogP contribution in [0.4, 0.5) is 26.3 Å². The van der Waals surface area contributed by atoms with Crippen molar-refractivity contribution in [3.63, 3.8) is 0 Å². The molecular formula is C22H18F6N8. The van der Waals surface area contributed by atoms with Gasteiger partial charge in [-0.1, -0.05) is 48.6 Å². The van der Waals surface area contributed by atoms with Gasteiger partial charge in [0.25, 0.3) is 0 Å². The summed E-state index contributed by atoms with van der Waals surface area (Å²) in [6.07, 6.45) is 8.07. The molecule has 0 spiro atoms. The van der Waals surface area contributed by atoms with E-state index in [1.807, 2.05) is 0 Å². The highest BCUT2D eigenvalue weighted by atomic mass is 19.4. The first-order chi connectivity index (χ1) is 17.1. The fraction of sp³-hybridized carbons (Fsp3) is 0.273. The summed E-state index contributed by atoms with van der Waals surface area (Å²) in [7, 11) is 0. The number of aromatic amines is 2. The van der Waals surface area contributed by atoms with Crippen molar-refractivity contribution in [3.8, 4) is 0 Å². The molecule has 0 amide bonds. The Morgan fingerprint density at radius 1 is 0.667 bits per heavy atom. The van der Waals surface area contributed by atoms with E-state index >= 15 is 0 Å². The van der Waals surface area contributed by atoms with Gasteiger partial charge in [0.1, 0.15) is 22.9 Å². The number of alkyl halides is 6. The van der Waals surface area contributed by atoms with Crippen LogP contribution in [0.2, 0.25) is 0 Å². The van der Waals surface area contributed by atoms with Gasteiger partial charge < -0.3 is 0 Å². The number of nitrogens with zero attached hydrogens (tertiary/aromatic N) is 6. The van der Waals surface area contributed by atoms with Gasteiger partial charge in [-0.15, -0.1) is 0 Å². The van der Waals surface area contributed by atoms with Crippen LogP contribution in [0.5, 0.6) is 0 Å². The van der Waals surface area contributed by atoms with Crippen LogP contribution in [0.15, 0.2) is 96.2 Å². The quantitative estimate of drug-likeness (QED) is 0.556. The molecule has 36 heavy (non-hydrogen) atoms. The molecule has 4 unspecified atom stereocenters. The molecule has 0 saturated heterocycles. The summed E-state index contributed by atoms with van der Waals surface area (Å²) in [4.78, 5) is 0. The summed E-state index contributed by atoms with van der Waals surface area (Å²) >= 11 is 0. The third-order valence-corrected chi connectivity index (χ3v) is 6.44. The molecule has 0 saturated carbocycles. The topological polar surface area (TPSA) is 88.6 Å². The first kappa shape index (κ1) is 23.6. The molecule has 0 fully saturated rings. The van der Waals surface area contributed by atoms with Crippen molar-refractivity contribution in [3.05, 3.63) is 96.9 Å². The van der Waals surface area contributed by atoms with Crippen molar-refractivity contribution in [2.45, 2.75) is 23.4 Å². The highest BCUT2D eigenvalue weighted by Crippen LogP contribution is 2.51. The summed E-state index contributed by atoms with van der Waals surface area (Å²) in [6.45, 7) is 0. The molecule has 188 valence electrons. The number of hydrogen-bond acceptors (Lipinski definition) is 6. The van der Waals surface area contributed by atoms with E-state index in [4.69, 9.17) is 0 Å². The van der Waals surface area contributed by atoms with Crippen LogP contribution in [0.3, 0.4) is 0 Å². The zero-order chi connectivity index (χ0) is 25.6. The van der Waals surface area contributed by atoms with Gasteiger partial charge in [0.05, 0.1) is 12.4 Å². The molecule has 0 aromatic carbocycles. The molecule has 4 atom stereocenters. The lowest BCUT2D eigenvalue weighted by molar-refractivity contribution is -0.195. The van der Waals surface area contributed by atoms with Crippen molar-refractivity contribution in [2.24, 2.45) is 22.3 Å². The minimum Gasteiger partial charge on any atom is -0.285 e. The lowest BCUT2D eigenvalue weighted by atomic mass is 9.75. The second kappa shape index (κ2) is 8.24. The molecule has 1 aliphatic heterocycles. The summed E-state index contributed by atoms with van der Waals surface area (Å²) in [5.74, 6) is -4.10. The molecule has 0 bridgehead atoms. The standard InChI is InChI=1S/C22H18F6N8/c23-21(24,25)17-5-1-3-7-19(17,15-11-29-30-12-15)35-9-10-36(34-33-35)20(16-13-31-32-14-16)8-4-2-6-18(20)22(26,27)28/h1-14,17-18H,(H,29,30)(H,31,32). The second-order valence-corrected chi connectivity index (χ2v) is 8.32. The molecule has 2 aromatic heterocycles. The lowest BCUT2D eigenvalue weighted by Crippen LogP contribution is -2.54. The Morgan fingerprint density at radius 2 is 1.08 bits per heavy atom. The molecule has 2 aromatic rings. The first-order valence-electron chi connectivity index (χ1n) is 10.6. The van der Waals surface area contributed by atoms with Gasteiger partial charge in [0.2, 0.25) is 0 Å². The Hall–Kier alpha value is -4.10. The number of aromatic nitrogens is 4. The van der Waals surface area contributed by atoms with Crippen LogP contribution in [0, 0.1) is 11.8 Å². The average molecular weight is 508 g/mol. The van der Waals surface area contributed by atoms with E-state index in [2.05, 4.69) is 30.8 Å². The number of rotatable bonds is 4. The summed E-state index contributed by atoms with van der Waals surface area (Å²) in [5, 5.41) is 22.5. The van der Waals surface area contributed by atoms with E-state index in [0.29, 0.717) is 0 Å². The Balaban J connectivity index is 1.60. The van der Waals surface area contributed by atoms with Crippen molar-refractivity contribution in [1.29, 1.82) is 0 Å². The van der Waals surface area contributed by atoms with Gasteiger partial charge in [0.15, 0.2) is 0 Å². The maximum absolute atomic E-state index is 14.2. The van der Waals surface area contributed by atoms with E-state index < -0.39 is 35.3 Å². The zero-order valence-electron chi connectivity index (χ0n) is 18.2. The Kier molecular flexibility index (Phi) is 5.41. The van der Waals surface area contributed by atoms with Gasteiger partial charge in [-0.3, -0.25) is 10.2 Å². The minimum atomic E-state index is -4.69. The van der Waals surface area contributed by atoms with Crippen LogP contribution in [0.25, 0.3) is 0 Å². The predicted octanol–water partition coefficient (Wildman–Crippen LogP) is 5.20. The molecule has 0 radical (unpaired) electrons. The van der Waals surface area contributed by atoms with Crippen molar-refractivity contribution >= 4 is 0 Å². The molecule has 2 N–H and O–H groups in total. The van der Waals surface area contributed by atoms with E-state index in [0.717, 1.165) is 22.2 Å². The number of H-pyrrole nitrogens is 2. The van der Waals surface area contributed by atoms with Gasteiger partial charge in [-0.25, -0.2) is 10.0 Å².